The smallest absolute Gasteiger partial charge is 0.252 e. The summed E-state index contributed by atoms with van der Waals surface area (Å²) in [5.74, 6) is -0.497. The van der Waals surface area contributed by atoms with Crippen LogP contribution in [0.4, 0.5) is 0 Å². The second-order valence-electron chi connectivity index (χ2n) is 8.65. The Balaban J connectivity index is 1.92. The molecule has 0 spiro atoms. The van der Waals surface area contributed by atoms with E-state index in [1.165, 1.54) is 6.92 Å². The van der Waals surface area contributed by atoms with Crippen LogP contribution in [0.2, 0.25) is 0 Å². The molecule has 0 aromatic heterocycles. The maximum absolute atomic E-state index is 13.1. The van der Waals surface area contributed by atoms with Gasteiger partial charge in [0, 0.05) is 12.1 Å². The Labute approximate surface area is 201 Å². The maximum atomic E-state index is 13.1. The Kier molecular flexibility index (Phi) is 8.02. The summed E-state index contributed by atoms with van der Waals surface area (Å²) in [6.45, 7) is 7.13. The first-order chi connectivity index (χ1) is 16.1. The second-order valence-corrected chi connectivity index (χ2v) is 10.4. The van der Waals surface area contributed by atoms with E-state index in [2.05, 4.69) is 10.0 Å². The lowest BCUT2D eigenvalue weighted by Crippen LogP contribution is -2.43. The number of benzene rings is 3. The van der Waals surface area contributed by atoms with E-state index in [9.17, 15) is 18.0 Å². The van der Waals surface area contributed by atoms with Crippen molar-refractivity contribution < 1.29 is 18.0 Å². The first kappa shape index (κ1) is 25.3. The van der Waals surface area contributed by atoms with Crippen molar-refractivity contribution in [1.82, 2.24) is 10.0 Å². The first-order valence-corrected chi connectivity index (χ1v) is 12.6. The number of aryl methyl sites for hydroxylation is 1. The van der Waals surface area contributed by atoms with E-state index in [1.54, 1.807) is 30.3 Å². The van der Waals surface area contributed by atoms with Gasteiger partial charge in [-0.25, -0.2) is 13.1 Å². The molecule has 0 fully saturated rings. The fraction of sp³-hybridized carbons (Fsp3) is 0.259. The number of Topliss-reactive ketones (excluding diaryl/α,β-unsaturated/α-hetero) is 1. The van der Waals surface area contributed by atoms with Gasteiger partial charge in [0.1, 0.15) is 0 Å². The monoisotopic (exact) mass is 478 g/mol. The lowest BCUT2D eigenvalue weighted by atomic mass is 9.94. The largest absolute Gasteiger partial charge is 0.342 e. The van der Waals surface area contributed by atoms with Crippen molar-refractivity contribution in [3.63, 3.8) is 0 Å². The molecule has 0 radical (unpaired) electrons. The molecular weight excluding hydrogens is 448 g/mol. The minimum atomic E-state index is -3.71. The molecule has 1 amide bonds. The van der Waals surface area contributed by atoms with Gasteiger partial charge in [-0.3, -0.25) is 9.59 Å². The molecule has 0 saturated carbocycles. The van der Waals surface area contributed by atoms with Crippen LogP contribution in [0.3, 0.4) is 0 Å². The zero-order valence-electron chi connectivity index (χ0n) is 19.8. The minimum absolute atomic E-state index is 0.0445. The highest BCUT2D eigenvalue weighted by Crippen LogP contribution is 2.28. The molecule has 0 aliphatic heterocycles. The first-order valence-electron chi connectivity index (χ1n) is 11.1. The molecule has 3 aromatic rings. The van der Waals surface area contributed by atoms with Crippen LogP contribution in [-0.2, 0) is 21.4 Å². The summed E-state index contributed by atoms with van der Waals surface area (Å²) >= 11 is 0. The van der Waals surface area contributed by atoms with Gasteiger partial charge in [-0.1, -0.05) is 68.4 Å². The van der Waals surface area contributed by atoms with Crippen molar-refractivity contribution in [1.29, 1.82) is 0 Å². The molecule has 0 heterocycles. The molecule has 178 valence electrons. The van der Waals surface area contributed by atoms with Crippen molar-refractivity contribution in [3.8, 4) is 11.1 Å². The molecule has 34 heavy (non-hydrogen) atoms. The average Bonchev–Trinajstić information content (AvgIpc) is 2.81. The molecule has 0 unspecified atom stereocenters. The van der Waals surface area contributed by atoms with Crippen molar-refractivity contribution in [3.05, 3.63) is 89.5 Å². The Morgan fingerprint density at radius 2 is 1.53 bits per heavy atom. The highest BCUT2D eigenvalue weighted by Gasteiger charge is 2.23. The molecular formula is C27H30N2O4S. The van der Waals surface area contributed by atoms with E-state index in [-0.39, 0.29) is 29.0 Å². The topological polar surface area (TPSA) is 92.3 Å². The van der Waals surface area contributed by atoms with E-state index >= 15 is 0 Å². The summed E-state index contributed by atoms with van der Waals surface area (Å²) in [7, 11) is -3.71. The molecule has 2 N–H and O–H groups in total. The average molecular weight is 479 g/mol. The van der Waals surface area contributed by atoms with Crippen LogP contribution in [0, 0.1) is 12.8 Å². The van der Waals surface area contributed by atoms with Crippen molar-refractivity contribution >= 4 is 21.7 Å². The van der Waals surface area contributed by atoms with Crippen LogP contribution in [0.25, 0.3) is 11.1 Å². The summed E-state index contributed by atoms with van der Waals surface area (Å²) < 4.78 is 28.3. The number of carbonyl (C=O) groups is 2. The third-order valence-electron chi connectivity index (χ3n) is 5.62. The lowest BCUT2D eigenvalue weighted by molar-refractivity contribution is -0.119. The number of nitrogens with one attached hydrogen (secondary N) is 2. The summed E-state index contributed by atoms with van der Waals surface area (Å²) in [5.41, 5.74) is 3.41. The van der Waals surface area contributed by atoms with Crippen LogP contribution in [0.15, 0.2) is 77.7 Å². The fourth-order valence-corrected chi connectivity index (χ4v) is 4.96. The highest BCUT2D eigenvalue weighted by molar-refractivity contribution is 7.89. The number of hydrogen-bond donors (Lipinski definition) is 2. The Morgan fingerprint density at radius 1 is 0.882 bits per heavy atom. The van der Waals surface area contributed by atoms with E-state index in [0.29, 0.717) is 11.1 Å². The summed E-state index contributed by atoms with van der Waals surface area (Å²) in [5, 5.41) is 2.84. The van der Waals surface area contributed by atoms with Gasteiger partial charge in [0.05, 0.1) is 10.9 Å². The SMILES string of the molecule is CC(=O)[C@@H](NC(=O)c1ccccc1-c1ccccc1CNS(=O)(=O)c1cccc(C)c1)C(C)C. The van der Waals surface area contributed by atoms with Gasteiger partial charge in [0.15, 0.2) is 5.78 Å². The number of ketones is 1. The van der Waals surface area contributed by atoms with Gasteiger partial charge in [-0.2, -0.15) is 0 Å². The van der Waals surface area contributed by atoms with Gasteiger partial charge < -0.3 is 5.32 Å². The van der Waals surface area contributed by atoms with Crippen LogP contribution >= 0.6 is 0 Å². The molecule has 1 atom stereocenters. The molecule has 6 nitrogen and oxygen atoms in total. The predicted molar refractivity (Wildman–Crippen MR) is 134 cm³/mol. The maximum Gasteiger partial charge on any atom is 0.252 e. The summed E-state index contributed by atoms with van der Waals surface area (Å²) in [6.07, 6.45) is 0. The van der Waals surface area contributed by atoms with Crippen LogP contribution in [0.5, 0.6) is 0 Å². The van der Waals surface area contributed by atoms with Crippen molar-refractivity contribution in [2.75, 3.05) is 0 Å². The number of sulfonamides is 1. The van der Waals surface area contributed by atoms with E-state index in [1.807, 2.05) is 63.2 Å². The number of carbonyl (C=O) groups excluding carboxylic acids is 2. The normalized spacial score (nSPS) is 12.4. The number of hydrogen-bond acceptors (Lipinski definition) is 4. The van der Waals surface area contributed by atoms with Gasteiger partial charge in [-0.15, -0.1) is 0 Å². The van der Waals surface area contributed by atoms with Crippen molar-refractivity contribution in [2.45, 2.75) is 45.2 Å². The quantitative estimate of drug-likeness (QED) is 0.474. The molecule has 3 rings (SSSR count). The van der Waals surface area contributed by atoms with Gasteiger partial charge in [-0.05, 0) is 60.2 Å². The number of rotatable bonds is 9. The standard InChI is InChI=1S/C27H30N2O4S/c1-18(2)26(20(4)30)29-27(31)25-15-8-7-14-24(25)23-13-6-5-11-21(23)17-28-34(32,33)22-12-9-10-19(3)16-22/h5-16,18,26,28H,17H2,1-4H3,(H,29,31)/t26-/m0/s1. The highest BCUT2D eigenvalue weighted by atomic mass is 32.2. The molecule has 7 heteroatoms. The van der Waals surface area contributed by atoms with E-state index < -0.39 is 16.1 Å². The lowest BCUT2D eigenvalue weighted by Gasteiger charge is -2.21. The molecule has 0 aliphatic carbocycles. The van der Waals surface area contributed by atoms with Gasteiger partial charge in [0.25, 0.3) is 5.91 Å². The summed E-state index contributed by atoms with van der Waals surface area (Å²) in [6, 6.07) is 20.6. The third-order valence-corrected chi connectivity index (χ3v) is 7.02. The molecule has 3 aromatic carbocycles. The molecule has 0 aliphatic rings. The van der Waals surface area contributed by atoms with E-state index in [4.69, 9.17) is 0 Å². The predicted octanol–water partition coefficient (Wildman–Crippen LogP) is 4.48. The minimum Gasteiger partial charge on any atom is -0.342 e. The van der Waals surface area contributed by atoms with E-state index in [0.717, 1.165) is 16.7 Å². The zero-order chi connectivity index (χ0) is 24.9. The van der Waals surface area contributed by atoms with Gasteiger partial charge >= 0.3 is 0 Å². The number of amides is 1. The van der Waals surface area contributed by atoms with Crippen LogP contribution < -0.4 is 10.0 Å². The molecule has 0 saturated heterocycles. The van der Waals surface area contributed by atoms with Crippen LogP contribution in [-0.4, -0.2) is 26.2 Å². The summed E-state index contributed by atoms with van der Waals surface area (Å²) in [4.78, 5) is 25.3. The Hall–Kier alpha value is -3.29. The zero-order valence-corrected chi connectivity index (χ0v) is 20.6. The van der Waals surface area contributed by atoms with Crippen LogP contribution in [0.1, 0.15) is 42.3 Å². The molecule has 0 bridgehead atoms. The third kappa shape index (κ3) is 5.98. The Bertz CT molecular complexity index is 1300. The fourth-order valence-electron chi connectivity index (χ4n) is 3.85. The van der Waals surface area contributed by atoms with Crippen molar-refractivity contribution in [2.24, 2.45) is 5.92 Å². The second kappa shape index (κ2) is 10.8. The Morgan fingerprint density at radius 3 is 2.18 bits per heavy atom. The van der Waals surface area contributed by atoms with Gasteiger partial charge in [0.2, 0.25) is 10.0 Å².